The van der Waals surface area contributed by atoms with Gasteiger partial charge in [-0.1, -0.05) is 54.6 Å². The lowest BCUT2D eigenvalue weighted by Crippen LogP contribution is -2.18. The Morgan fingerprint density at radius 2 is 1.84 bits per heavy atom. The fourth-order valence-corrected chi connectivity index (χ4v) is 2.50. The van der Waals surface area contributed by atoms with Gasteiger partial charge in [0, 0.05) is 12.6 Å². The maximum Gasteiger partial charge on any atom is 0.0294 e. The van der Waals surface area contributed by atoms with Gasteiger partial charge in [0.15, 0.2) is 0 Å². The van der Waals surface area contributed by atoms with Gasteiger partial charge in [-0.2, -0.15) is 0 Å². The first-order chi connectivity index (χ1) is 9.33. The number of nitrogens with one attached hydrogen (secondary N) is 1. The van der Waals surface area contributed by atoms with Crippen molar-refractivity contribution in [1.82, 2.24) is 5.32 Å². The van der Waals surface area contributed by atoms with Crippen LogP contribution in [-0.2, 0) is 6.54 Å². The predicted molar refractivity (Wildman–Crippen MR) is 80.1 cm³/mol. The molecule has 1 atom stereocenters. The summed E-state index contributed by atoms with van der Waals surface area (Å²) in [5.74, 6) is 0.839. The first kappa shape index (κ1) is 12.4. The molecule has 0 aliphatic heterocycles. The summed E-state index contributed by atoms with van der Waals surface area (Å²) in [6.45, 7) is 3.16. The molecule has 0 unspecified atom stereocenters. The van der Waals surface area contributed by atoms with Crippen LogP contribution >= 0.6 is 0 Å². The summed E-state index contributed by atoms with van der Waals surface area (Å²) >= 11 is 0. The molecule has 2 aromatic carbocycles. The Balaban J connectivity index is 1.61. The van der Waals surface area contributed by atoms with E-state index in [9.17, 15) is 0 Å². The van der Waals surface area contributed by atoms with Crippen molar-refractivity contribution in [1.29, 1.82) is 0 Å². The summed E-state index contributed by atoms with van der Waals surface area (Å²) in [6, 6.07) is 20.1. The number of hydrogen-bond acceptors (Lipinski definition) is 1. The lowest BCUT2D eigenvalue weighted by Gasteiger charge is -2.14. The monoisotopic (exact) mass is 251 g/mol. The minimum atomic E-state index is 0.394. The van der Waals surface area contributed by atoms with Crippen LogP contribution in [0.15, 0.2) is 54.6 Å². The lowest BCUT2D eigenvalue weighted by atomic mass is 10.1. The molecule has 0 amide bonds. The Labute approximate surface area is 115 Å². The normalized spacial score (nSPS) is 16.3. The molecule has 19 heavy (non-hydrogen) atoms. The SMILES string of the molecule is C[C@@H](NCc1cccc(C2CC2)c1)c1ccccc1. The van der Waals surface area contributed by atoms with Crippen molar-refractivity contribution in [3.8, 4) is 0 Å². The molecule has 1 aliphatic rings. The topological polar surface area (TPSA) is 12.0 Å². The molecule has 0 heterocycles. The third-order valence-corrected chi connectivity index (χ3v) is 3.91. The highest BCUT2D eigenvalue weighted by atomic mass is 14.9. The third-order valence-electron chi connectivity index (χ3n) is 3.91. The van der Waals surface area contributed by atoms with E-state index in [2.05, 4.69) is 66.8 Å². The zero-order valence-electron chi connectivity index (χ0n) is 11.5. The van der Waals surface area contributed by atoms with Crippen molar-refractivity contribution in [3.63, 3.8) is 0 Å². The third kappa shape index (κ3) is 3.24. The van der Waals surface area contributed by atoms with E-state index >= 15 is 0 Å². The molecule has 1 aliphatic carbocycles. The minimum absolute atomic E-state index is 0.394. The van der Waals surface area contributed by atoms with Crippen molar-refractivity contribution >= 4 is 0 Å². The average molecular weight is 251 g/mol. The molecule has 1 N–H and O–H groups in total. The highest BCUT2D eigenvalue weighted by molar-refractivity contribution is 5.29. The Kier molecular flexibility index (Phi) is 3.65. The zero-order valence-corrected chi connectivity index (χ0v) is 11.5. The van der Waals surface area contributed by atoms with Gasteiger partial charge in [0.1, 0.15) is 0 Å². The Bertz CT molecular complexity index is 528. The van der Waals surface area contributed by atoms with Crippen molar-refractivity contribution in [2.45, 2.75) is 38.3 Å². The van der Waals surface area contributed by atoms with E-state index in [4.69, 9.17) is 0 Å². The smallest absolute Gasteiger partial charge is 0.0294 e. The number of benzene rings is 2. The molecular weight excluding hydrogens is 230 g/mol. The van der Waals surface area contributed by atoms with Gasteiger partial charge in [-0.3, -0.25) is 0 Å². The molecular formula is C18H21N. The average Bonchev–Trinajstić information content (AvgIpc) is 3.31. The Morgan fingerprint density at radius 1 is 1.05 bits per heavy atom. The molecule has 2 aromatic rings. The maximum atomic E-state index is 3.60. The van der Waals surface area contributed by atoms with Gasteiger partial charge in [-0.15, -0.1) is 0 Å². The molecule has 1 nitrogen and oxygen atoms in total. The summed E-state index contributed by atoms with van der Waals surface area (Å²) in [7, 11) is 0. The van der Waals surface area contributed by atoms with Crippen LogP contribution in [0.2, 0.25) is 0 Å². The summed E-state index contributed by atoms with van der Waals surface area (Å²) in [6.07, 6.45) is 2.74. The molecule has 0 aromatic heterocycles. The summed E-state index contributed by atoms with van der Waals surface area (Å²) in [4.78, 5) is 0. The lowest BCUT2D eigenvalue weighted by molar-refractivity contribution is 0.574. The molecule has 0 spiro atoms. The predicted octanol–water partition coefficient (Wildman–Crippen LogP) is 4.41. The Hall–Kier alpha value is -1.60. The van der Waals surface area contributed by atoms with E-state index in [1.54, 1.807) is 0 Å². The largest absolute Gasteiger partial charge is 0.306 e. The van der Waals surface area contributed by atoms with Crippen molar-refractivity contribution in [3.05, 3.63) is 71.3 Å². The second-order valence-corrected chi connectivity index (χ2v) is 5.53. The van der Waals surface area contributed by atoms with Crippen LogP contribution in [0, 0.1) is 0 Å². The molecule has 3 rings (SSSR count). The van der Waals surface area contributed by atoms with Gasteiger partial charge >= 0.3 is 0 Å². The molecule has 1 heteroatoms. The van der Waals surface area contributed by atoms with E-state index in [1.807, 2.05) is 0 Å². The van der Waals surface area contributed by atoms with Crippen LogP contribution in [0.4, 0.5) is 0 Å². The van der Waals surface area contributed by atoms with E-state index < -0.39 is 0 Å². The van der Waals surface area contributed by atoms with Crippen molar-refractivity contribution < 1.29 is 0 Å². The van der Waals surface area contributed by atoms with E-state index in [0.717, 1.165) is 12.5 Å². The van der Waals surface area contributed by atoms with Crippen LogP contribution < -0.4 is 5.32 Å². The van der Waals surface area contributed by atoms with Gasteiger partial charge in [-0.05, 0) is 42.4 Å². The molecule has 0 saturated heterocycles. The first-order valence-corrected chi connectivity index (χ1v) is 7.20. The molecule has 0 bridgehead atoms. The first-order valence-electron chi connectivity index (χ1n) is 7.20. The van der Waals surface area contributed by atoms with Crippen LogP contribution in [0.25, 0.3) is 0 Å². The van der Waals surface area contributed by atoms with Crippen molar-refractivity contribution in [2.24, 2.45) is 0 Å². The van der Waals surface area contributed by atoms with Gasteiger partial charge < -0.3 is 5.32 Å². The maximum absolute atomic E-state index is 3.60. The summed E-state index contributed by atoms with van der Waals surface area (Å²) in [5.41, 5.74) is 4.26. The number of hydrogen-bond donors (Lipinski definition) is 1. The summed E-state index contributed by atoms with van der Waals surface area (Å²) < 4.78 is 0. The highest BCUT2D eigenvalue weighted by Crippen LogP contribution is 2.40. The van der Waals surface area contributed by atoms with Crippen LogP contribution in [0.1, 0.15) is 48.4 Å². The fraction of sp³-hybridized carbons (Fsp3) is 0.333. The molecule has 1 fully saturated rings. The quantitative estimate of drug-likeness (QED) is 0.829. The minimum Gasteiger partial charge on any atom is -0.306 e. The Morgan fingerprint density at radius 3 is 2.58 bits per heavy atom. The highest BCUT2D eigenvalue weighted by Gasteiger charge is 2.23. The standard InChI is InChI=1S/C18H21N/c1-14(16-7-3-2-4-8-16)19-13-15-6-5-9-18(12-15)17-10-11-17/h2-9,12,14,17,19H,10-11,13H2,1H3/t14-/m1/s1. The van der Waals surface area contributed by atoms with E-state index in [1.165, 1.54) is 29.5 Å². The fourth-order valence-electron chi connectivity index (χ4n) is 2.50. The van der Waals surface area contributed by atoms with Gasteiger partial charge in [0.2, 0.25) is 0 Å². The van der Waals surface area contributed by atoms with Crippen LogP contribution in [0.5, 0.6) is 0 Å². The van der Waals surface area contributed by atoms with Crippen molar-refractivity contribution in [2.75, 3.05) is 0 Å². The van der Waals surface area contributed by atoms with Crippen LogP contribution in [0.3, 0.4) is 0 Å². The molecule has 1 saturated carbocycles. The second-order valence-electron chi connectivity index (χ2n) is 5.53. The zero-order chi connectivity index (χ0) is 13.1. The van der Waals surface area contributed by atoms with E-state index in [-0.39, 0.29) is 0 Å². The van der Waals surface area contributed by atoms with E-state index in [0.29, 0.717) is 6.04 Å². The molecule has 98 valence electrons. The summed E-state index contributed by atoms with van der Waals surface area (Å²) in [5, 5.41) is 3.60. The second kappa shape index (κ2) is 5.58. The van der Waals surface area contributed by atoms with Crippen LogP contribution in [-0.4, -0.2) is 0 Å². The van der Waals surface area contributed by atoms with Gasteiger partial charge in [-0.25, -0.2) is 0 Å². The van der Waals surface area contributed by atoms with Gasteiger partial charge in [0.05, 0.1) is 0 Å². The van der Waals surface area contributed by atoms with Gasteiger partial charge in [0.25, 0.3) is 0 Å². The molecule has 0 radical (unpaired) electrons. The number of rotatable bonds is 5.